The van der Waals surface area contributed by atoms with E-state index in [1.54, 1.807) is 12.1 Å². The highest BCUT2D eigenvalue weighted by Gasteiger charge is 2.15. The summed E-state index contributed by atoms with van der Waals surface area (Å²) in [6.07, 6.45) is 0. The second-order valence-corrected chi connectivity index (χ2v) is 6.33. The van der Waals surface area contributed by atoms with E-state index in [1.165, 1.54) is 24.3 Å². The fourth-order valence-corrected chi connectivity index (χ4v) is 2.66. The summed E-state index contributed by atoms with van der Waals surface area (Å²) in [6.45, 7) is 0. The summed E-state index contributed by atoms with van der Waals surface area (Å²) in [5, 5.41) is 19.9. The first-order valence-corrected chi connectivity index (χ1v) is 7.69. The molecule has 0 amide bonds. The molecule has 0 bridgehead atoms. The lowest BCUT2D eigenvalue weighted by Crippen LogP contribution is -2.01. The van der Waals surface area contributed by atoms with Crippen molar-refractivity contribution < 1.29 is 19.6 Å². The molecule has 0 aliphatic heterocycles. The number of nitro benzene ring substituents is 1. The smallest absolute Gasteiger partial charge is 0.339 e. The van der Waals surface area contributed by atoms with Gasteiger partial charge in [0.15, 0.2) is 0 Å². The molecule has 0 atom stereocenters. The molecule has 0 saturated heterocycles. The van der Waals surface area contributed by atoms with Gasteiger partial charge in [0.1, 0.15) is 17.1 Å². The van der Waals surface area contributed by atoms with Crippen molar-refractivity contribution in [1.29, 1.82) is 0 Å². The number of ether oxygens (including phenoxy) is 1. The van der Waals surface area contributed by atoms with Crippen LogP contribution in [0.25, 0.3) is 0 Å². The molecule has 0 aliphatic carbocycles. The van der Waals surface area contributed by atoms with E-state index < -0.39 is 10.9 Å². The third kappa shape index (κ3) is 3.81. The number of non-ortho nitro benzene ring substituents is 1. The molecule has 21 heavy (non-hydrogen) atoms. The fraction of sp³-hybridized carbons (Fsp3) is 0. The Morgan fingerprint density at radius 3 is 2.38 bits per heavy atom. The van der Waals surface area contributed by atoms with Gasteiger partial charge in [0, 0.05) is 15.7 Å². The normalized spacial score (nSPS) is 10.2. The lowest BCUT2D eigenvalue weighted by Gasteiger charge is -2.10. The number of nitro groups is 1. The van der Waals surface area contributed by atoms with Crippen LogP contribution < -0.4 is 4.74 Å². The topological polar surface area (TPSA) is 89.7 Å². The predicted molar refractivity (Wildman–Crippen MR) is 92.0 cm³/mol. The number of nitrogens with zero attached hydrogens (tertiary/aromatic N) is 1. The number of benzene rings is 2. The summed E-state index contributed by atoms with van der Waals surface area (Å²) in [5.41, 5.74) is -0.0103. The van der Waals surface area contributed by atoms with Crippen LogP contribution in [0.1, 0.15) is 10.4 Å². The molecule has 0 saturated carbocycles. The Bertz CT molecular complexity index is 732. The van der Waals surface area contributed by atoms with Gasteiger partial charge in [-0.25, -0.2) is 4.79 Å². The number of hydrogen-bond donors (Lipinski definition) is 1. The van der Waals surface area contributed by atoms with Gasteiger partial charge >= 0.3 is 5.97 Å². The van der Waals surface area contributed by atoms with Gasteiger partial charge in [-0.2, -0.15) is 0 Å². The Balaban J connectivity index is 2.39. The summed E-state index contributed by atoms with van der Waals surface area (Å²) in [6, 6.07) is 8.90. The van der Waals surface area contributed by atoms with E-state index in [-0.39, 0.29) is 17.0 Å². The van der Waals surface area contributed by atoms with Crippen LogP contribution in [0.2, 0.25) is 0 Å². The zero-order chi connectivity index (χ0) is 15.6. The maximum atomic E-state index is 11.2. The molecule has 2 aromatic rings. The van der Waals surface area contributed by atoms with Crippen LogP contribution in [-0.2, 0) is 0 Å². The molecule has 6 nitrogen and oxygen atoms in total. The first kappa shape index (κ1) is 15.9. The van der Waals surface area contributed by atoms with Gasteiger partial charge in [0.05, 0.1) is 8.49 Å². The monoisotopic (exact) mass is 511 g/mol. The van der Waals surface area contributed by atoms with E-state index in [0.29, 0.717) is 9.32 Å². The Hall–Kier alpha value is -1.43. The Morgan fingerprint density at radius 1 is 1.14 bits per heavy atom. The van der Waals surface area contributed by atoms with Crippen molar-refractivity contribution in [2.45, 2.75) is 0 Å². The zero-order valence-electron chi connectivity index (χ0n) is 10.2. The van der Waals surface area contributed by atoms with E-state index in [2.05, 4.69) is 0 Å². The van der Waals surface area contributed by atoms with Crippen molar-refractivity contribution in [3.8, 4) is 11.5 Å². The number of carbonyl (C=O) groups is 1. The lowest BCUT2D eigenvalue weighted by molar-refractivity contribution is -0.385. The molecule has 0 spiro atoms. The number of hydrogen-bond acceptors (Lipinski definition) is 4. The van der Waals surface area contributed by atoms with E-state index in [0.717, 1.165) is 3.57 Å². The van der Waals surface area contributed by atoms with Gasteiger partial charge in [-0.05, 0) is 69.4 Å². The minimum Gasteiger partial charge on any atom is -0.478 e. The van der Waals surface area contributed by atoms with Gasteiger partial charge in [0.2, 0.25) is 0 Å². The van der Waals surface area contributed by atoms with Gasteiger partial charge in [-0.1, -0.05) is 0 Å². The summed E-state index contributed by atoms with van der Waals surface area (Å²) in [5.74, 6) is -0.542. The first-order chi connectivity index (χ1) is 9.88. The minimum atomic E-state index is -1.10. The van der Waals surface area contributed by atoms with Gasteiger partial charge in [-0.15, -0.1) is 0 Å². The summed E-state index contributed by atoms with van der Waals surface area (Å²) >= 11 is 3.91. The molecule has 8 heteroatoms. The molecule has 0 heterocycles. The molecular weight excluding hydrogens is 504 g/mol. The molecule has 0 radical (unpaired) electrons. The molecule has 0 aromatic heterocycles. The third-order valence-corrected chi connectivity index (χ3v) is 4.03. The molecule has 0 unspecified atom stereocenters. The van der Waals surface area contributed by atoms with Crippen LogP contribution in [0.5, 0.6) is 11.5 Å². The molecule has 2 aromatic carbocycles. The average molecular weight is 511 g/mol. The standard InChI is InChI=1S/C13H7I2NO5/c14-7-1-3-11(9(5-7)13(17)18)21-12-4-2-8(16(19)20)6-10(12)15/h1-6H,(H,17,18). The average Bonchev–Trinajstić information content (AvgIpc) is 2.42. The Kier molecular flexibility index (Phi) is 4.98. The molecule has 2 rings (SSSR count). The predicted octanol–water partition coefficient (Wildman–Crippen LogP) is 4.29. The number of carboxylic acids is 1. The molecule has 0 aliphatic rings. The van der Waals surface area contributed by atoms with Crippen LogP contribution in [-0.4, -0.2) is 16.0 Å². The number of aromatic carboxylic acids is 1. The zero-order valence-corrected chi connectivity index (χ0v) is 14.6. The van der Waals surface area contributed by atoms with Crippen LogP contribution in [0.4, 0.5) is 5.69 Å². The Morgan fingerprint density at radius 2 is 1.81 bits per heavy atom. The van der Waals surface area contributed by atoms with Gasteiger partial charge in [0.25, 0.3) is 5.69 Å². The summed E-state index contributed by atoms with van der Waals surface area (Å²) in [4.78, 5) is 21.4. The highest BCUT2D eigenvalue weighted by molar-refractivity contribution is 14.1. The highest BCUT2D eigenvalue weighted by atomic mass is 127. The second kappa shape index (κ2) is 6.56. The maximum absolute atomic E-state index is 11.2. The molecule has 0 fully saturated rings. The van der Waals surface area contributed by atoms with E-state index in [9.17, 15) is 20.0 Å². The number of halogens is 2. The van der Waals surface area contributed by atoms with E-state index in [4.69, 9.17) is 4.74 Å². The van der Waals surface area contributed by atoms with Crippen molar-refractivity contribution in [3.05, 3.63) is 59.2 Å². The minimum absolute atomic E-state index is 0.0380. The van der Waals surface area contributed by atoms with Crippen LogP contribution in [0.3, 0.4) is 0 Å². The van der Waals surface area contributed by atoms with Crippen LogP contribution in [0, 0.1) is 17.3 Å². The second-order valence-electron chi connectivity index (χ2n) is 3.92. The number of rotatable bonds is 4. The SMILES string of the molecule is O=C(O)c1cc(I)ccc1Oc1ccc([N+](=O)[O-])cc1I. The van der Waals surface area contributed by atoms with Crippen molar-refractivity contribution in [2.24, 2.45) is 0 Å². The van der Waals surface area contributed by atoms with Crippen molar-refractivity contribution in [1.82, 2.24) is 0 Å². The van der Waals surface area contributed by atoms with Crippen molar-refractivity contribution in [3.63, 3.8) is 0 Å². The van der Waals surface area contributed by atoms with Gasteiger partial charge in [-0.3, -0.25) is 10.1 Å². The maximum Gasteiger partial charge on any atom is 0.339 e. The quantitative estimate of drug-likeness (QED) is 0.376. The molecule has 108 valence electrons. The van der Waals surface area contributed by atoms with E-state index in [1.807, 2.05) is 45.2 Å². The fourth-order valence-electron chi connectivity index (χ4n) is 1.56. The summed E-state index contributed by atoms with van der Waals surface area (Å²) in [7, 11) is 0. The summed E-state index contributed by atoms with van der Waals surface area (Å²) < 4.78 is 6.88. The lowest BCUT2D eigenvalue weighted by atomic mass is 10.2. The third-order valence-electron chi connectivity index (χ3n) is 2.52. The first-order valence-electron chi connectivity index (χ1n) is 5.53. The molecular formula is C13H7I2NO5. The molecule has 1 N–H and O–H groups in total. The largest absolute Gasteiger partial charge is 0.478 e. The highest BCUT2D eigenvalue weighted by Crippen LogP contribution is 2.32. The number of carboxylic acid groups (broad SMARTS) is 1. The van der Waals surface area contributed by atoms with Crippen LogP contribution >= 0.6 is 45.2 Å². The van der Waals surface area contributed by atoms with Gasteiger partial charge < -0.3 is 9.84 Å². The van der Waals surface area contributed by atoms with Crippen molar-refractivity contribution >= 4 is 56.8 Å². The van der Waals surface area contributed by atoms with E-state index >= 15 is 0 Å². The van der Waals surface area contributed by atoms with Crippen molar-refractivity contribution in [2.75, 3.05) is 0 Å². The Labute approximate surface area is 146 Å². The van der Waals surface area contributed by atoms with Crippen LogP contribution in [0.15, 0.2) is 36.4 Å².